The lowest BCUT2D eigenvalue weighted by atomic mass is 9.80. The van der Waals surface area contributed by atoms with E-state index in [0.717, 1.165) is 57.6 Å². The molecule has 4 rings (SSSR count). The number of likely N-dealkylation sites (tertiary alicyclic amines) is 1. The number of nitrogens with zero attached hydrogens (tertiary/aromatic N) is 5. The van der Waals surface area contributed by atoms with Crippen LogP contribution in [0.5, 0.6) is 0 Å². The summed E-state index contributed by atoms with van der Waals surface area (Å²) in [5.41, 5.74) is 1.28. The molecule has 2 saturated heterocycles. The zero-order valence-corrected chi connectivity index (χ0v) is 14.5. The van der Waals surface area contributed by atoms with E-state index in [0.29, 0.717) is 0 Å². The van der Waals surface area contributed by atoms with Crippen molar-refractivity contribution in [2.45, 2.75) is 19.4 Å². The Labute approximate surface area is 148 Å². The van der Waals surface area contributed by atoms with Crippen molar-refractivity contribution in [2.24, 2.45) is 5.41 Å². The van der Waals surface area contributed by atoms with Gasteiger partial charge in [-0.25, -0.2) is 9.97 Å². The number of rotatable bonds is 3. The van der Waals surface area contributed by atoms with Gasteiger partial charge in [0.1, 0.15) is 0 Å². The second kappa shape index (κ2) is 7.45. The van der Waals surface area contributed by atoms with Crippen LogP contribution in [0.15, 0.2) is 42.9 Å². The molecule has 2 fully saturated rings. The highest BCUT2D eigenvalue weighted by Crippen LogP contribution is 2.34. The Morgan fingerprint density at radius 1 is 1.00 bits per heavy atom. The average Bonchev–Trinajstić information content (AvgIpc) is 2.86. The van der Waals surface area contributed by atoms with Gasteiger partial charge in [-0.1, -0.05) is 6.07 Å². The molecule has 0 bridgehead atoms. The van der Waals surface area contributed by atoms with Crippen molar-refractivity contribution in [3.63, 3.8) is 0 Å². The van der Waals surface area contributed by atoms with Crippen LogP contribution in [0.1, 0.15) is 18.5 Å². The second-order valence-corrected chi connectivity index (χ2v) is 7.16. The van der Waals surface area contributed by atoms with Gasteiger partial charge in [-0.2, -0.15) is 0 Å². The van der Waals surface area contributed by atoms with Crippen molar-refractivity contribution >= 4 is 5.95 Å². The standard InChI is InChI=1S/C19H25N5O/c1-2-7-20-17(5-1)13-23-10-3-6-19(14-23)15-24(11-12-25-16-19)18-21-8-4-9-22-18/h1-2,4-5,7-9H,3,6,10-16H2/t19-/m1/s1. The number of hydrogen-bond donors (Lipinski definition) is 0. The molecule has 6 nitrogen and oxygen atoms in total. The molecule has 2 aliphatic heterocycles. The molecule has 25 heavy (non-hydrogen) atoms. The van der Waals surface area contributed by atoms with E-state index in [9.17, 15) is 0 Å². The van der Waals surface area contributed by atoms with E-state index in [4.69, 9.17) is 4.74 Å². The average molecular weight is 339 g/mol. The molecule has 2 aromatic heterocycles. The Kier molecular flexibility index (Phi) is 4.90. The molecule has 0 saturated carbocycles. The number of piperidine rings is 1. The lowest BCUT2D eigenvalue weighted by Crippen LogP contribution is -2.50. The van der Waals surface area contributed by atoms with E-state index in [1.54, 1.807) is 0 Å². The van der Waals surface area contributed by atoms with Gasteiger partial charge in [0.25, 0.3) is 0 Å². The summed E-state index contributed by atoms with van der Waals surface area (Å²) in [5, 5.41) is 0. The first-order valence-corrected chi connectivity index (χ1v) is 9.05. The number of anilines is 1. The zero-order chi connectivity index (χ0) is 17.0. The summed E-state index contributed by atoms with van der Waals surface area (Å²) in [4.78, 5) is 18.2. The summed E-state index contributed by atoms with van der Waals surface area (Å²) in [7, 11) is 0. The van der Waals surface area contributed by atoms with Gasteiger partial charge in [0.2, 0.25) is 5.95 Å². The highest BCUT2D eigenvalue weighted by Gasteiger charge is 2.39. The number of pyridine rings is 1. The molecule has 0 N–H and O–H groups in total. The lowest BCUT2D eigenvalue weighted by molar-refractivity contribution is 0.0103. The van der Waals surface area contributed by atoms with Crippen LogP contribution in [0.25, 0.3) is 0 Å². The van der Waals surface area contributed by atoms with Crippen LogP contribution in [-0.4, -0.2) is 59.2 Å². The summed E-state index contributed by atoms with van der Waals surface area (Å²) in [5.74, 6) is 0.814. The summed E-state index contributed by atoms with van der Waals surface area (Å²) in [6.07, 6.45) is 7.89. The lowest BCUT2D eigenvalue weighted by Gasteiger charge is -2.43. The monoisotopic (exact) mass is 339 g/mol. The third-order valence-electron chi connectivity index (χ3n) is 5.13. The van der Waals surface area contributed by atoms with Crippen LogP contribution >= 0.6 is 0 Å². The third kappa shape index (κ3) is 3.96. The van der Waals surface area contributed by atoms with E-state index in [2.05, 4.69) is 36.9 Å². The number of ether oxygens (including phenoxy) is 1. The number of aromatic nitrogens is 3. The molecule has 0 aromatic carbocycles. The van der Waals surface area contributed by atoms with Crippen LogP contribution in [0.2, 0.25) is 0 Å². The smallest absolute Gasteiger partial charge is 0.225 e. The van der Waals surface area contributed by atoms with Gasteiger partial charge < -0.3 is 9.64 Å². The topological polar surface area (TPSA) is 54.4 Å². The van der Waals surface area contributed by atoms with Crippen molar-refractivity contribution in [3.8, 4) is 0 Å². The fourth-order valence-electron chi connectivity index (χ4n) is 4.03. The third-order valence-corrected chi connectivity index (χ3v) is 5.13. The normalized spacial score (nSPS) is 25.0. The summed E-state index contributed by atoms with van der Waals surface area (Å²) in [6.45, 7) is 6.43. The van der Waals surface area contributed by atoms with Crippen LogP contribution in [0.4, 0.5) is 5.95 Å². The minimum absolute atomic E-state index is 0.142. The van der Waals surface area contributed by atoms with E-state index in [-0.39, 0.29) is 5.41 Å². The van der Waals surface area contributed by atoms with Crippen molar-refractivity contribution < 1.29 is 4.74 Å². The summed E-state index contributed by atoms with van der Waals surface area (Å²) < 4.78 is 6.00. The van der Waals surface area contributed by atoms with Gasteiger partial charge in [-0.3, -0.25) is 9.88 Å². The van der Waals surface area contributed by atoms with Gasteiger partial charge >= 0.3 is 0 Å². The molecule has 4 heterocycles. The molecule has 6 heteroatoms. The summed E-state index contributed by atoms with van der Waals surface area (Å²) >= 11 is 0. The van der Waals surface area contributed by atoms with E-state index < -0.39 is 0 Å². The highest BCUT2D eigenvalue weighted by molar-refractivity contribution is 5.29. The Hall–Kier alpha value is -2.05. The molecule has 0 radical (unpaired) electrons. The first kappa shape index (κ1) is 16.4. The molecule has 1 atom stereocenters. The second-order valence-electron chi connectivity index (χ2n) is 7.16. The first-order valence-electron chi connectivity index (χ1n) is 9.05. The Morgan fingerprint density at radius 3 is 2.72 bits per heavy atom. The SMILES string of the molecule is c1ccc(CN2CCC[C@@]3(COCCN(c4ncccn4)C3)C2)nc1. The highest BCUT2D eigenvalue weighted by atomic mass is 16.5. The number of hydrogen-bond acceptors (Lipinski definition) is 6. The largest absolute Gasteiger partial charge is 0.379 e. The molecule has 2 aromatic rings. The van der Waals surface area contributed by atoms with E-state index in [1.165, 1.54) is 12.8 Å². The van der Waals surface area contributed by atoms with Crippen LogP contribution in [0, 0.1) is 5.41 Å². The molecule has 0 unspecified atom stereocenters. The maximum Gasteiger partial charge on any atom is 0.225 e. The molecule has 0 aliphatic carbocycles. The van der Waals surface area contributed by atoms with Gasteiger partial charge in [-0.15, -0.1) is 0 Å². The molecule has 2 aliphatic rings. The van der Waals surface area contributed by atoms with Crippen molar-refractivity contribution in [1.82, 2.24) is 19.9 Å². The quantitative estimate of drug-likeness (QED) is 0.852. The minimum Gasteiger partial charge on any atom is -0.379 e. The maximum atomic E-state index is 6.00. The van der Waals surface area contributed by atoms with Crippen molar-refractivity contribution in [1.29, 1.82) is 0 Å². The van der Waals surface area contributed by atoms with Crippen LogP contribution < -0.4 is 4.90 Å². The predicted octanol–water partition coefficient (Wildman–Crippen LogP) is 1.99. The minimum atomic E-state index is 0.142. The maximum absolute atomic E-state index is 6.00. The molecular formula is C19H25N5O. The van der Waals surface area contributed by atoms with Crippen molar-refractivity contribution in [3.05, 3.63) is 48.5 Å². The first-order chi connectivity index (χ1) is 12.3. The van der Waals surface area contributed by atoms with E-state index in [1.807, 2.05) is 30.7 Å². The van der Waals surface area contributed by atoms with Gasteiger partial charge in [0.15, 0.2) is 0 Å². The molecule has 1 spiro atoms. The van der Waals surface area contributed by atoms with Crippen molar-refractivity contribution in [2.75, 3.05) is 44.3 Å². The fraction of sp³-hybridized carbons (Fsp3) is 0.526. The Balaban J connectivity index is 1.49. The van der Waals surface area contributed by atoms with Gasteiger partial charge in [0, 0.05) is 50.2 Å². The molecular weight excluding hydrogens is 314 g/mol. The predicted molar refractivity (Wildman–Crippen MR) is 96.2 cm³/mol. The van der Waals surface area contributed by atoms with Gasteiger partial charge in [-0.05, 0) is 37.6 Å². The van der Waals surface area contributed by atoms with Gasteiger partial charge in [0.05, 0.1) is 18.9 Å². The van der Waals surface area contributed by atoms with Crippen LogP contribution in [0.3, 0.4) is 0 Å². The fourth-order valence-corrected chi connectivity index (χ4v) is 4.03. The van der Waals surface area contributed by atoms with E-state index >= 15 is 0 Å². The molecule has 132 valence electrons. The zero-order valence-electron chi connectivity index (χ0n) is 14.5. The van der Waals surface area contributed by atoms with Crippen LogP contribution in [-0.2, 0) is 11.3 Å². The molecule has 0 amide bonds. The Bertz CT molecular complexity index is 668. The Morgan fingerprint density at radius 2 is 1.88 bits per heavy atom. The summed E-state index contributed by atoms with van der Waals surface area (Å²) in [6, 6.07) is 8.00.